The van der Waals surface area contributed by atoms with Crippen LogP contribution in [0.3, 0.4) is 0 Å². The Balaban J connectivity index is 1.87. The number of carbonyl (C=O) groups excluding carboxylic acids is 1. The second-order valence-corrected chi connectivity index (χ2v) is 9.66. The number of allylic oxidation sites excluding steroid dienone is 2. The number of rotatable bonds is 4. The Bertz CT molecular complexity index is 971. The van der Waals surface area contributed by atoms with Crippen LogP contribution in [0.1, 0.15) is 38.7 Å². The van der Waals surface area contributed by atoms with Crippen LogP contribution in [0.2, 0.25) is 0 Å². The van der Waals surface area contributed by atoms with Gasteiger partial charge in [0.15, 0.2) is 0 Å². The second-order valence-electron chi connectivity index (χ2n) is 7.73. The minimum absolute atomic E-state index is 0.0172. The van der Waals surface area contributed by atoms with E-state index in [4.69, 9.17) is 4.74 Å². The van der Waals surface area contributed by atoms with E-state index in [0.29, 0.717) is 43.0 Å². The lowest BCUT2D eigenvalue weighted by Gasteiger charge is -2.34. The van der Waals surface area contributed by atoms with Crippen LogP contribution in [-0.4, -0.2) is 38.4 Å². The second kappa shape index (κ2) is 8.67. The van der Waals surface area contributed by atoms with Gasteiger partial charge in [-0.3, -0.25) is 0 Å². The minimum atomic E-state index is -3.54. The van der Waals surface area contributed by atoms with Crippen LogP contribution in [-0.2, 0) is 19.6 Å². The number of carbonyl (C=O) groups is 1. The van der Waals surface area contributed by atoms with Crippen LogP contribution in [0.4, 0.5) is 0 Å². The molecule has 0 unspecified atom stereocenters. The fraction of sp³-hybridized carbons (Fsp3) is 0.435. The monoisotopic (exact) mass is 415 g/mol. The van der Waals surface area contributed by atoms with E-state index in [-0.39, 0.29) is 11.9 Å². The molecule has 1 saturated heterocycles. The van der Waals surface area contributed by atoms with Crippen molar-refractivity contribution >= 4 is 16.0 Å². The summed E-state index contributed by atoms with van der Waals surface area (Å²) in [7, 11) is -3.54. The number of hydrogen-bond acceptors (Lipinski definition) is 4. The Labute approximate surface area is 173 Å². The van der Waals surface area contributed by atoms with Crippen molar-refractivity contribution < 1.29 is 17.9 Å². The van der Waals surface area contributed by atoms with E-state index >= 15 is 0 Å². The maximum absolute atomic E-state index is 13.1. The topological polar surface area (TPSA) is 63.7 Å². The molecule has 0 N–H and O–H groups in total. The summed E-state index contributed by atoms with van der Waals surface area (Å²) in [5.74, 6) is -0.306. The van der Waals surface area contributed by atoms with E-state index < -0.39 is 10.0 Å². The lowest BCUT2D eigenvalue weighted by molar-refractivity contribution is -0.138. The summed E-state index contributed by atoms with van der Waals surface area (Å²) >= 11 is 0. The molecule has 0 spiro atoms. The number of nitrogens with zero attached hydrogens (tertiary/aromatic N) is 1. The van der Waals surface area contributed by atoms with Crippen molar-refractivity contribution in [3.63, 3.8) is 0 Å². The number of sulfonamides is 1. The van der Waals surface area contributed by atoms with Gasteiger partial charge < -0.3 is 4.74 Å². The number of hydrogen-bond donors (Lipinski definition) is 0. The van der Waals surface area contributed by atoms with E-state index in [1.807, 2.05) is 19.1 Å². The minimum Gasteiger partial charge on any atom is -0.463 e. The Morgan fingerprint density at radius 2 is 1.90 bits per heavy atom. The molecule has 5 nitrogen and oxygen atoms in total. The van der Waals surface area contributed by atoms with Crippen LogP contribution in [0.5, 0.6) is 0 Å². The molecule has 0 saturated carbocycles. The molecular weight excluding hydrogens is 386 g/mol. The fourth-order valence-electron chi connectivity index (χ4n) is 3.91. The Hall–Kier alpha value is -2.18. The van der Waals surface area contributed by atoms with Crippen molar-refractivity contribution in [2.45, 2.75) is 44.9 Å². The normalized spacial score (nSPS) is 22.4. The van der Waals surface area contributed by atoms with Gasteiger partial charge in [-0.2, -0.15) is 4.31 Å². The summed E-state index contributed by atoms with van der Waals surface area (Å²) < 4.78 is 32.9. The zero-order valence-electron chi connectivity index (χ0n) is 17.4. The van der Waals surface area contributed by atoms with E-state index in [2.05, 4.69) is 12.7 Å². The Kier molecular flexibility index (Phi) is 6.44. The third kappa shape index (κ3) is 4.54. The molecule has 29 heavy (non-hydrogen) atoms. The lowest BCUT2D eigenvalue weighted by atomic mass is 9.87. The van der Waals surface area contributed by atoms with Gasteiger partial charge in [-0.15, -0.1) is 0 Å². The Morgan fingerprint density at radius 1 is 1.21 bits per heavy atom. The van der Waals surface area contributed by atoms with Gasteiger partial charge in [0.25, 0.3) is 0 Å². The lowest BCUT2D eigenvalue weighted by Crippen LogP contribution is -2.41. The number of ether oxygens (including phenoxy) is 1. The molecule has 0 aromatic heterocycles. The summed E-state index contributed by atoms with van der Waals surface area (Å²) in [5.41, 5.74) is 4.80. The summed E-state index contributed by atoms with van der Waals surface area (Å²) in [5, 5.41) is 0. The molecule has 1 aliphatic heterocycles. The number of fused-ring (bicyclic) bond motifs is 1. The number of esters is 1. The highest BCUT2D eigenvalue weighted by atomic mass is 32.2. The largest absolute Gasteiger partial charge is 0.463 e. The molecule has 2 aliphatic rings. The van der Waals surface area contributed by atoms with Crippen molar-refractivity contribution in [2.24, 2.45) is 5.92 Å². The Morgan fingerprint density at radius 3 is 2.55 bits per heavy atom. The molecule has 6 heteroatoms. The van der Waals surface area contributed by atoms with Gasteiger partial charge in [-0.05, 0) is 57.7 Å². The first kappa shape index (κ1) is 21.5. The van der Waals surface area contributed by atoms with Gasteiger partial charge in [0, 0.05) is 24.6 Å². The molecule has 0 radical (unpaired) electrons. The summed E-state index contributed by atoms with van der Waals surface area (Å²) in [6.07, 6.45) is 4.16. The predicted molar refractivity (Wildman–Crippen MR) is 114 cm³/mol. The molecule has 1 aromatic rings. The van der Waals surface area contributed by atoms with Gasteiger partial charge in [0.2, 0.25) is 10.0 Å². The van der Waals surface area contributed by atoms with Crippen molar-refractivity contribution in [3.05, 3.63) is 64.8 Å². The first-order valence-corrected chi connectivity index (χ1v) is 11.5. The summed E-state index contributed by atoms with van der Waals surface area (Å²) in [4.78, 5) is 12.5. The van der Waals surface area contributed by atoms with Gasteiger partial charge in [0.05, 0.1) is 11.5 Å². The van der Waals surface area contributed by atoms with Crippen LogP contribution >= 0.6 is 0 Å². The number of piperidine rings is 1. The molecule has 1 aliphatic carbocycles. The predicted octanol–water partition coefficient (Wildman–Crippen LogP) is 4.16. The smallest absolute Gasteiger partial charge is 0.333 e. The number of aryl methyl sites for hydroxylation is 1. The quantitative estimate of drug-likeness (QED) is 0.421. The van der Waals surface area contributed by atoms with Crippen molar-refractivity contribution in [2.75, 3.05) is 19.7 Å². The molecule has 1 aromatic carbocycles. The van der Waals surface area contributed by atoms with E-state index in [0.717, 1.165) is 28.7 Å². The van der Waals surface area contributed by atoms with Gasteiger partial charge in [0.1, 0.15) is 0 Å². The van der Waals surface area contributed by atoms with Crippen LogP contribution < -0.4 is 0 Å². The molecule has 1 heterocycles. The maximum atomic E-state index is 13.1. The fourth-order valence-corrected chi connectivity index (χ4v) is 5.37. The zero-order valence-corrected chi connectivity index (χ0v) is 18.2. The third-order valence-corrected chi connectivity index (χ3v) is 7.65. The van der Waals surface area contributed by atoms with E-state index in [9.17, 15) is 13.2 Å². The zero-order chi connectivity index (χ0) is 21.2. The summed E-state index contributed by atoms with van der Waals surface area (Å²) in [6, 6.07) is 6.98. The highest BCUT2D eigenvalue weighted by Crippen LogP contribution is 2.38. The van der Waals surface area contributed by atoms with Gasteiger partial charge in [-0.25, -0.2) is 13.2 Å². The molecule has 1 atom stereocenters. The number of benzene rings is 1. The molecule has 1 fully saturated rings. The van der Waals surface area contributed by atoms with Crippen molar-refractivity contribution in [3.8, 4) is 0 Å². The van der Waals surface area contributed by atoms with Crippen molar-refractivity contribution in [1.82, 2.24) is 4.31 Å². The van der Waals surface area contributed by atoms with Gasteiger partial charge in [-0.1, -0.05) is 41.5 Å². The standard InChI is InChI=1S/C23H29NO4S/c1-5-28-23(25)18(4)19-9-8-17(3)22-15-24(13-12-20(22)14-19)29(26,27)21-10-6-16(2)7-11-21/h6-7,10-11,14,22H,3,5,8-9,12-13,15H2,1-2,4H3/b19-18-/t22-/m1/s1. The molecule has 0 bridgehead atoms. The van der Waals surface area contributed by atoms with Crippen LogP contribution in [0.25, 0.3) is 0 Å². The molecule has 0 amide bonds. The molecule has 3 rings (SSSR count). The highest BCUT2D eigenvalue weighted by Gasteiger charge is 2.35. The average Bonchev–Trinajstić information content (AvgIpc) is 2.86. The van der Waals surface area contributed by atoms with E-state index in [1.54, 1.807) is 30.3 Å². The summed E-state index contributed by atoms with van der Waals surface area (Å²) in [6.45, 7) is 10.9. The van der Waals surface area contributed by atoms with Crippen molar-refractivity contribution in [1.29, 1.82) is 0 Å². The van der Waals surface area contributed by atoms with Crippen LogP contribution in [0, 0.1) is 12.8 Å². The first-order valence-electron chi connectivity index (χ1n) is 10.1. The SMILES string of the molecule is C=C1CC/C(=C(\C)C(=O)OCC)C=C2CCN(S(=O)(=O)c3ccc(C)cc3)C[C@H]12. The maximum Gasteiger partial charge on any atom is 0.333 e. The highest BCUT2D eigenvalue weighted by molar-refractivity contribution is 7.89. The average molecular weight is 416 g/mol. The first-order chi connectivity index (χ1) is 13.7. The van der Waals surface area contributed by atoms with Gasteiger partial charge >= 0.3 is 5.97 Å². The van der Waals surface area contributed by atoms with Crippen LogP contribution in [0.15, 0.2) is 64.1 Å². The molecular formula is C23H29NO4S. The molecule has 156 valence electrons. The van der Waals surface area contributed by atoms with E-state index in [1.165, 1.54) is 0 Å². The third-order valence-electron chi connectivity index (χ3n) is 5.77.